The van der Waals surface area contributed by atoms with Gasteiger partial charge >= 0.3 is 0 Å². The monoisotopic (exact) mass is 274 g/mol. The zero-order valence-corrected chi connectivity index (χ0v) is 11.8. The average Bonchev–Trinajstić information content (AvgIpc) is 2.45. The number of nitrogens with zero attached hydrogens (tertiary/aromatic N) is 3. The number of rotatable bonds is 6. The third-order valence-corrected chi connectivity index (χ3v) is 2.45. The fraction of sp³-hybridized carbons (Fsp3) is 0.357. The second kappa shape index (κ2) is 6.70. The van der Waals surface area contributed by atoms with Crippen LogP contribution in [-0.4, -0.2) is 28.2 Å². The van der Waals surface area contributed by atoms with Crippen LogP contribution in [0.5, 0.6) is 11.8 Å². The summed E-state index contributed by atoms with van der Waals surface area (Å²) in [5.41, 5.74) is 1.04. The molecule has 6 heteroatoms. The van der Waals surface area contributed by atoms with Crippen LogP contribution >= 0.6 is 0 Å². The second-order valence-electron chi connectivity index (χ2n) is 4.45. The molecule has 0 saturated heterocycles. The molecule has 1 N–H and O–H groups in total. The summed E-state index contributed by atoms with van der Waals surface area (Å²) in [6.07, 6.45) is 3.46. The van der Waals surface area contributed by atoms with E-state index >= 15 is 0 Å². The third-order valence-electron chi connectivity index (χ3n) is 2.45. The van der Waals surface area contributed by atoms with E-state index in [9.17, 15) is 0 Å². The van der Waals surface area contributed by atoms with Gasteiger partial charge in [0.15, 0.2) is 0 Å². The molecule has 0 aliphatic rings. The molecule has 2 rings (SSSR count). The summed E-state index contributed by atoms with van der Waals surface area (Å²) in [5, 5.41) is 3.14. The lowest BCUT2D eigenvalue weighted by molar-refractivity contribution is 0.232. The van der Waals surface area contributed by atoms with E-state index in [1.54, 1.807) is 25.6 Å². The van der Waals surface area contributed by atoms with Crippen molar-refractivity contribution in [1.82, 2.24) is 15.0 Å². The van der Waals surface area contributed by atoms with Crippen LogP contribution in [0.4, 0.5) is 5.95 Å². The smallest absolute Gasteiger partial charge is 0.226 e. The number of methoxy groups -OCH3 is 1. The number of anilines is 1. The molecule has 0 atom stereocenters. The Labute approximate surface area is 118 Å². The molecular formula is C14H18N4O2. The van der Waals surface area contributed by atoms with Crippen LogP contribution in [0.3, 0.4) is 0 Å². The minimum absolute atomic E-state index is 0.0854. The van der Waals surface area contributed by atoms with Crippen molar-refractivity contribution in [1.29, 1.82) is 0 Å². The third kappa shape index (κ3) is 4.08. The zero-order chi connectivity index (χ0) is 14.4. The largest absolute Gasteiger partial charge is 0.481 e. The van der Waals surface area contributed by atoms with Gasteiger partial charge in [-0.25, -0.2) is 9.97 Å². The highest BCUT2D eigenvalue weighted by molar-refractivity contribution is 5.30. The Morgan fingerprint density at radius 1 is 1.15 bits per heavy atom. The molecule has 6 nitrogen and oxygen atoms in total. The van der Waals surface area contributed by atoms with Crippen LogP contribution in [-0.2, 0) is 6.54 Å². The molecule has 2 aromatic heterocycles. The van der Waals surface area contributed by atoms with Gasteiger partial charge in [0.05, 0.1) is 13.2 Å². The van der Waals surface area contributed by atoms with Crippen molar-refractivity contribution >= 4 is 5.95 Å². The Morgan fingerprint density at radius 2 is 1.95 bits per heavy atom. The lowest BCUT2D eigenvalue weighted by Crippen LogP contribution is -2.09. The minimum atomic E-state index is 0.0854. The lowest BCUT2D eigenvalue weighted by atomic mass is 10.2. The molecule has 0 aromatic carbocycles. The SMILES string of the molecule is COc1cc(CNc2nccc(OC(C)C)n2)ccn1. The summed E-state index contributed by atoms with van der Waals surface area (Å²) in [4.78, 5) is 12.5. The number of hydrogen-bond donors (Lipinski definition) is 1. The molecule has 106 valence electrons. The van der Waals surface area contributed by atoms with E-state index in [0.717, 1.165) is 5.56 Å². The van der Waals surface area contributed by atoms with Crippen molar-refractivity contribution in [2.75, 3.05) is 12.4 Å². The van der Waals surface area contributed by atoms with Crippen molar-refractivity contribution in [2.45, 2.75) is 26.5 Å². The maximum atomic E-state index is 5.52. The van der Waals surface area contributed by atoms with Gasteiger partial charge in [0, 0.05) is 31.1 Å². The highest BCUT2D eigenvalue weighted by atomic mass is 16.5. The predicted molar refractivity (Wildman–Crippen MR) is 75.9 cm³/mol. The molecule has 20 heavy (non-hydrogen) atoms. The van der Waals surface area contributed by atoms with Crippen LogP contribution in [0.25, 0.3) is 0 Å². The van der Waals surface area contributed by atoms with Gasteiger partial charge in [-0.1, -0.05) is 0 Å². The van der Waals surface area contributed by atoms with Gasteiger partial charge in [-0.2, -0.15) is 4.98 Å². The summed E-state index contributed by atoms with van der Waals surface area (Å²) in [7, 11) is 1.59. The highest BCUT2D eigenvalue weighted by Gasteiger charge is 2.03. The molecule has 0 aliphatic carbocycles. The van der Waals surface area contributed by atoms with E-state index in [1.165, 1.54) is 0 Å². The second-order valence-corrected chi connectivity index (χ2v) is 4.45. The molecule has 0 fully saturated rings. The Morgan fingerprint density at radius 3 is 2.70 bits per heavy atom. The van der Waals surface area contributed by atoms with E-state index in [2.05, 4.69) is 20.3 Å². The Kier molecular flexibility index (Phi) is 4.70. The fourth-order valence-electron chi connectivity index (χ4n) is 1.59. The summed E-state index contributed by atoms with van der Waals surface area (Å²) in [6, 6.07) is 5.51. The highest BCUT2D eigenvalue weighted by Crippen LogP contribution is 2.13. The van der Waals surface area contributed by atoms with Gasteiger partial charge in [-0.15, -0.1) is 0 Å². The molecule has 0 aliphatic heterocycles. The minimum Gasteiger partial charge on any atom is -0.481 e. The summed E-state index contributed by atoms with van der Waals surface area (Å²) >= 11 is 0. The molecule has 2 heterocycles. The van der Waals surface area contributed by atoms with Crippen molar-refractivity contribution in [3.8, 4) is 11.8 Å². The standard InChI is InChI=1S/C14H18N4O2/c1-10(2)20-12-5-7-16-14(18-12)17-9-11-4-6-15-13(8-11)19-3/h4-8,10H,9H2,1-3H3,(H,16,17,18). The summed E-state index contributed by atoms with van der Waals surface area (Å²) in [5.74, 6) is 1.67. The Hall–Kier alpha value is -2.37. The Balaban J connectivity index is 1.99. The molecule has 0 radical (unpaired) electrons. The first kappa shape index (κ1) is 14.0. The van der Waals surface area contributed by atoms with Crippen molar-refractivity contribution in [2.24, 2.45) is 0 Å². The van der Waals surface area contributed by atoms with Gasteiger partial charge in [-0.05, 0) is 25.5 Å². The molecule has 0 saturated carbocycles. The number of ether oxygens (including phenoxy) is 2. The first-order valence-corrected chi connectivity index (χ1v) is 6.40. The maximum absolute atomic E-state index is 5.52. The first-order valence-electron chi connectivity index (χ1n) is 6.40. The van der Waals surface area contributed by atoms with Crippen LogP contribution in [0.15, 0.2) is 30.6 Å². The number of nitrogens with one attached hydrogen (secondary N) is 1. The summed E-state index contributed by atoms with van der Waals surface area (Å²) in [6.45, 7) is 4.50. The number of hydrogen-bond acceptors (Lipinski definition) is 6. The fourth-order valence-corrected chi connectivity index (χ4v) is 1.59. The van der Waals surface area contributed by atoms with Gasteiger partial charge < -0.3 is 14.8 Å². The van der Waals surface area contributed by atoms with Crippen LogP contribution in [0, 0.1) is 0 Å². The average molecular weight is 274 g/mol. The normalized spacial score (nSPS) is 10.4. The van der Waals surface area contributed by atoms with E-state index < -0.39 is 0 Å². The van der Waals surface area contributed by atoms with E-state index in [-0.39, 0.29) is 6.10 Å². The van der Waals surface area contributed by atoms with Crippen molar-refractivity contribution < 1.29 is 9.47 Å². The molecule has 0 bridgehead atoms. The van der Waals surface area contributed by atoms with Gasteiger partial charge in [0.1, 0.15) is 0 Å². The van der Waals surface area contributed by atoms with E-state index in [0.29, 0.717) is 24.3 Å². The molecule has 0 amide bonds. The zero-order valence-electron chi connectivity index (χ0n) is 11.8. The number of aromatic nitrogens is 3. The van der Waals surface area contributed by atoms with Crippen LogP contribution in [0.1, 0.15) is 19.4 Å². The van der Waals surface area contributed by atoms with Gasteiger partial charge in [0.2, 0.25) is 17.7 Å². The molecule has 0 spiro atoms. The lowest BCUT2D eigenvalue weighted by Gasteiger charge is -2.10. The first-order chi connectivity index (χ1) is 9.67. The molecule has 2 aromatic rings. The van der Waals surface area contributed by atoms with Crippen LogP contribution < -0.4 is 14.8 Å². The molecule has 0 unspecified atom stereocenters. The molecular weight excluding hydrogens is 256 g/mol. The van der Waals surface area contributed by atoms with Crippen molar-refractivity contribution in [3.63, 3.8) is 0 Å². The quantitative estimate of drug-likeness (QED) is 0.871. The predicted octanol–water partition coefficient (Wildman–Crippen LogP) is 2.28. The summed E-state index contributed by atoms with van der Waals surface area (Å²) < 4.78 is 10.6. The topological polar surface area (TPSA) is 69.2 Å². The van der Waals surface area contributed by atoms with Gasteiger partial charge in [-0.3, -0.25) is 0 Å². The Bertz CT molecular complexity index is 560. The number of pyridine rings is 1. The van der Waals surface area contributed by atoms with E-state index in [4.69, 9.17) is 9.47 Å². The van der Waals surface area contributed by atoms with E-state index in [1.807, 2.05) is 26.0 Å². The van der Waals surface area contributed by atoms with Crippen molar-refractivity contribution in [3.05, 3.63) is 36.2 Å². The van der Waals surface area contributed by atoms with Gasteiger partial charge in [0.25, 0.3) is 0 Å². The van der Waals surface area contributed by atoms with Crippen LogP contribution in [0.2, 0.25) is 0 Å². The maximum Gasteiger partial charge on any atom is 0.226 e.